The van der Waals surface area contributed by atoms with E-state index in [0.29, 0.717) is 0 Å². The molecule has 0 aliphatic rings. The van der Waals surface area contributed by atoms with Gasteiger partial charge in [0.15, 0.2) is 9.84 Å². The molecule has 0 radical (unpaired) electrons. The van der Waals surface area contributed by atoms with Crippen LogP contribution in [0.4, 0.5) is 0 Å². The molecular weight excluding hydrogens is 268 g/mol. The summed E-state index contributed by atoms with van der Waals surface area (Å²) in [6.45, 7) is 0. The van der Waals surface area contributed by atoms with Crippen LogP contribution in [0.2, 0.25) is 0 Å². The van der Waals surface area contributed by atoms with Crippen molar-refractivity contribution in [2.24, 2.45) is 0 Å². The highest BCUT2D eigenvalue weighted by Gasteiger charge is 2.20. The van der Waals surface area contributed by atoms with Crippen molar-refractivity contribution in [1.82, 2.24) is 9.97 Å². The predicted molar refractivity (Wildman–Crippen MR) is 66.3 cm³/mol. The molecule has 0 saturated carbocycles. The highest BCUT2D eigenvalue weighted by atomic mass is 32.2. The topological polar surface area (TPSA) is 97.2 Å². The molecule has 0 spiro atoms. The summed E-state index contributed by atoms with van der Waals surface area (Å²) in [6.07, 6.45) is 2.22. The Bertz CT molecular complexity index is 699. The van der Waals surface area contributed by atoms with Gasteiger partial charge in [0.25, 0.3) is 0 Å². The second-order valence-electron chi connectivity index (χ2n) is 3.76. The molecule has 0 unspecified atom stereocenters. The Labute approximate surface area is 109 Å². The lowest BCUT2D eigenvalue weighted by molar-refractivity contribution is 0.0695. The summed E-state index contributed by atoms with van der Waals surface area (Å²) in [7, 11) is -3.62. The first-order valence-corrected chi connectivity index (χ1v) is 6.96. The maximum absolute atomic E-state index is 12.1. The van der Waals surface area contributed by atoms with Crippen LogP contribution in [0.1, 0.15) is 16.1 Å². The number of aromatic nitrogens is 2. The summed E-state index contributed by atoms with van der Waals surface area (Å²) in [5.74, 6) is -1.72. The molecule has 0 atom stereocenters. The minimum absolute atomic E-state index is 0.0219. The molecule has 98 valence electrons. The lowest BCUT2D eigenvalue weighted by Gasteiger charge is -2.05. The van der Waals surface area contributed by atoms with E-state index in [9.17, 15) is 13.2 Å². The Morgan fingerprint density at radius 3 is 2.53 bits per heavy atom. The largest absolute Gasteiger partial charge is 0.478 e. The SMILES string of the molecule is O=C(O)c1cncnc1CS(=O)(=O)c1ccccc1. The predicted octanol–water partition coefficient (Wildman–Crippen LogP) is 1.15. The standard InChI is InChI=1S/C12H10N2O4S/c15-12(16)10-6-13-8-14-11(10)7-19(17,18)9-4-2-1-3-5-9/h1-6,8H,7H2,(H,15,16). The zero-order valence-electron chi connectivity index (χ0n) is 9.72. The quantitative estimate of drug-likeness (QED) is 0.901. The number of carboxylic acids is 1. The number of benzene rings is 1. The summed E-state index contributed by atoms with van der Waals surface area (Å²) in [6, 6.07) is 7.82. The van der Waals surface area contributed by atoms with Crippen molar-refractivity contribution < 1.29 is 18.3 Å². The van der Waals surface area contributed by atoms with Gasteiger partial charge >= 0.3 is 5.97 Å². The van der Waals surface area contributed by atoms with Crippen LogP contribution >= 0.6 is 0 Å². The van der Waals surface area contributed by atoms with Crippen LogP contribution in [0, 0.1) is 0 Å². The number of hydrogen-bond donors (Lipinski definition) is 1. The molecule has 0 bridgehead atoms. The van der Waals surface area contributed by atoms with Crippen LogP contribution in [0.5, 0.6) is 0 Å². The van der Waals surface area contributed by atoms with Crippen molar-refractivity contribution in [3.05, 3.63) is 54.1 Å². The minimum Gasteiger partial charge on any atom is -0.478 e. The molecule has 0 aliphatic heterocycles. The average Bonchev–Trinajstić information content (AvgIpc) is 2.39. The second-order valence-corrected chi connectivity index (χ2v) is 5.75. The molecule has 19 heavy (non-hydrogen) atoms. The van der Waals surface area contributed by atoms with Crippen LogP contribution < -0.4 is 0 Å². The van der Waals surface area contributed by atoms with Crippen LogP contribution in [0.3, 0.4) is 0 Å². The number of carboxylic acid groups (broad SMARTS) is 1. The lowest BCUT2D eigenvalue weighted by Crippen LogP contribution is -2.12. The van der Waals surface area contributed by atoms with Gasteiger partial charge in [-0.15, -0.1) is 0 Å². The second kappa shape index (κ2) is 5.15. The third-order valence-corrected chi connectivity index (χ3v) is 4.10. The van der Waals surface area contributed by atoms with Crippen molar-refractivity contribution >= 4 is 15.8 Å². The van der Waals surface area contributed by atoms with Crippen molar-refractivity contribution in [2.75, 3.05) is 0 Å². The third-order valence-electron chi connectivity index (χ3n) is 2.45. The smallest absolute Gasteiger partial charge is 0.339 e. The molecule has 1 heterocycles. The fraction of sp³-hybridized carbons (Fsp3) is 0.0833. The number of aromatic carboxylic acids is 1. The van der Waals surface area contributed by atoms with Gasteiger partial charge in [0, 0.05) is 6.20 Å². The van der Waals surface area contributed by atoms with Gasteiger partial charge in [-0.1, -0.05) is 18.2 Å². The van der Waals surface area contributed by atoms with Crippen LogP contribution in [-0.4, -0.2) is 29.5 Å². The summed E-state index contributed by atoms with van der Waals surface area (Å²) >= 11 is 0. The van der Waals surface area contributed by atoms with Crippen LogP contribution in [0.15, 0.2) is 47.8 Å². The van der Waals surface area contributed by atoms with Gasteiger partial charge in [0.1, 0.15) is 11.9 Å². The van der Waals surface area contributed by atoms with Crippen LogP contribution in [-0.2, 0) is 15.6 Å². The van der Waals surface area contributed by atoms with Gasteiger partial charge in [0.05, 0.1) is 16.3 Å². The molecular formula is C12H10N2O4S. The van der Waals surface area contributed by atoms with E-state index in [1.54, 1.807) is 18.2 Å². The average molecular weight is 278 g/mol. The van der Waals surface area contributed by atoms with E-state index in [0.717, 1.165) is 12.5 Å². The zero-order valence-corrected chi connectivity index (χ0v) is 10.5. The van der Waals surface area contributed by atoms with E-state index in [1.807, 2.05) is 0 Å². The molecule has 1 N–H and O–H groups in total. The molecule has 7 heteroatoms. The molecule has 2 rings (SSSR count). The molecule has 1 aromatic heterocycles. The summed E-state index contributed by atoms with van der Waals surface area (Å²) in [5.41, 5.74) is -0.228. The maximum atomic E-state index is 12.1. The third kappa shape index (κ3) is 2.94. The molecule has 0 saturated heterocycles. The van der Waals surface area contributed by atoms with Crippen molar-refractivity contribution in [1.29, 1.82) is 0 Å². The summed E-state index contributed by atoms with van der Waals surface area (Å²) in [5, 5.41) is 8.96. The Hall–Kier alpha value is -2.28. The number of rotatable bonds is 4. The number of sulfone groups is 1. The highest BCUT2D eigenvalue weighted by Crippen LogP contribution is 2.16. The zero-order chi connectivity index (χ0) is 13.9. The summed E-state index contributed by atoms with van der Waals surface area (Å²) < 4.78 is 24.2. The van der Waals surface area contributed by atoms with E-state index in [4.69, 9.17) is 5.11 Å². The first-order valence-electron chi connectivity index (χ1n) is 5.30. The number of carbonyl (C=O) groups is 1. The highest BCUT2D eigenvalue weighted by molar-refractivity contribution is 7.90. The summed E-state index contributed by atoms with van der Waals surface area (Å²) in [4.78, 5) is 18.4. The Kier molecular flexibility index (Phi) is 3.57. The molecule has 0 amide bonds. The van der Waals surface area contributed by atoms with Crippen molar-refractivity contribution in [2.45, 2.75) is 10.6 Å². The normalized spacial score (nSPS) is 11.2. The first-order chi connectivity index (χ1) is 9.00. The molecule has 1 aromatic carbocycles. The van der Waals surface area contributed by atoms with E-state index in [-0.39, 0.29) is 16.2 Å². The van der Waals surface area contributed by atoms with E-state index >= 15 is 0 Å². The van der Waals surface area contributed by atoms with Crippen molar-refractivity contribution in [3.63, 3.8) is 0 Å². The Morgan fingerprint density at radius 1 is 1.21 bits per heavy atom. The van der Waals surface area contributed by atoms with E-state index in [1.165, 1.54) is 12.1 Å². The van der Waals surface area contributed by atoms with E-state index < -0.39 is 21.6 Å². The van der Waals surface area contributed by atoms with Gasteiger partial charge in [-0.25, -0.2) is 23.2 Å². The molecule has 2 aromatic rings. The number of hydrogen-bond acceptors (Lipinski definition) is 5. The molecule has 0 fully saturated rings. The molecule has 0 aliphatic carbocycles. The fourth-order valence-electron chi connectivity index (χ4n) is 1.54. The van der Waals surface area contributed by atoms with Gasteiger partial charge in [-0.05, 0) is 12.1 Å². The number of nitrogens with zero attached hydrogens (tertiary/aromatic N) is 2. The maximum Gasteiger partial charge on any atom is 0.339 e. The van der Waals surface area contributed by atoms with Gasteiger partial charge in [-0.3, -0.25) is 0 Å². The monoisotopic (exact) mass is 278 g/mol. The van der Waals surface area contributed by atoms with Gasteiger partial charge < -0.3 is 5.11 Å². The molecule has 6 nitrogen and oxygen atoms in total. The van der Waals surface area contributed by atoms with E-state index in [2.05, 4.69) is 9.97 Å². The fourth-order valence-corrected chi connectivity index (χ4v) is 2.87. The minimum atomic E-state index is -3.62. The van der Waals surface area contributed by atoms with Crippen LogP contribution in [0.25, 0.3) is 0 Å². The van der Waals surface area contributed by atoms with Crippen molar-refractivity contribution in [3.8, 4) is 0 Å². The van der Waals surface area contributed by atoms with Gasteiger partial charge in [0.2, 0.25) is 0 Å². The Balaban J connectivity index is 2.39. The van der Waals surface area contributed by atoms with Gasteiger partial charge in [-0.2, -0.15) is 0 Å². The first kappa shape index (κ1) is 13.2. The Morgan fingerprint density at radius 2 is 1.89 bits per heavy atom. The lowest BCUT2D eigenvalue weighted by atomic mass is 10.2.